The number of fused-ring (bicyclic) bond motifs is 3. The van der Waals surface area contributed by atoms with Gasteiger partial charge in [-0.15, -0.1) is 0 Å². The lowest BCUT2D eigenvalue weighted by Gasteiger charge is -2.45. The van der Waals surface area contributed by atoms with E-state index in [9.17, 15) is 0 Å². The maximum atomic E-state index is 8.94. The Morgan fingerprint density at radius 1 is 1.33 bits per heavy atom. The second-order valence-electron chi connectivity index (χ2n) is 5.30. The van der Waals surface area contributed by atoms with Crippen LogP contribution in [-0.2, 0) is 0 Å². The molecule has 94 valence electrons. The lowest BCUT2D eigenvalue weighted by molar-refractivity contribution is 0.0975. The highest BCUT2D eigenvalue weighted by Crippen LogP contribution is 2.31. The van der Waals surface area contributed by atoms with Crippen LogP contribution in [0.15, 0.2) is 18.2 Å². The molecule has 3 N–H and O–H groups in total. The molecule has 1 atom stereocenters. The minimum absolute atomic E-state index is 0.476. The number of piperidine rings is 3. The lowest BCUT2D eigenvalue weighted by Crippen LogP contribution is -2.53. The van der Waals surface area contributed by atoms with E-state index in [1.165, 1.54) is 25.9 Å². The predicted octanol–water partition coefficient (Wildman–Crippen LogP) is 1.65. The average Bonchev–Trinajstić information content (AvgIpc) is 2.43. The van der Waals surface area contributed by atoms with Gasteiger partial charge in [-0.3, -0.25) is 0 Å². The van der Waals surface area contributed by atoms with Gasteiger partial charge in [0.25, 0.3) is 0 Å². The predicted molar refractivity (Wildman–Crippen MR) is 72.1 cm³/mol. The molecule has 4 nitrogen and oxygen atoms in total. The minimum atomic E-state index is 0.476. The lowest BCUT2D eigenvalue weighted by atomic mass is 9.84. The zero-order valence-corrected chi connectivity index (χ0v) is 10.4. The number of hydrogen-bond donors (Lipinski definition) is 2. The molecule has 0 amide bonds. The summed E-state index contributed by atoms with van der Waals surface area (Å²) in [5.41, 5.74) is 8.27. The molecule has 0 saturated carbocycles. The van der Waals surface area contributed by atoms with Gasteiger partial charge in [-0.1, -0.05) is 0 Å². The first kappa shape index (κ1) is 11.4. The van der Waals surface area contributed by atoms with Gasteiger partial charge in [0.1, 0.15) is 0 Å². The summed E-state index contributed by atoms with van der Waals surface area (Å²) < 4.78 is 0. The molecular weight excluding hydrogens is 224 g/mol. The number of anilines is 2. The van der Waals surface area contributed by atoms with Crippen molar-refractivity contribution in [3.63, 3.8) is 0 Å². The van der Waals surface area contributed by atoms with Crippen LogP contribution in [0.2, 0.25) is 0 Å². The molecule has 1 aromatic carbocycles. The van der Waals surface area contributed by atoms with Crippen molar-refractivity contribution in [2.45, 2.75) is 18.9 Å². The van der Waals surface area contributed by atoms with Crippen molar-refractivity contribution < 1.29 is 0 Å². The van der Waals surface area contributed by atoms with E-state index in [1.807, 2.05) is 12.1 Å². The van der Waals surface area contributed by atoms with Crippen molar-refractivity contribution in [1.82, 2.24) is 4.90 Å². The van der Waals surface area contributed by atoms with E-state index in [1.54, 1.807) is 6.07 Å². The highest BCUT2D eigenvalue weighted by molar-refractivity contribution is 5.68. The zero-order chi connectivity index (χ0) is 12.5. The molecule has 1 aromatic rings. The summed E-state index contributed by atoms with van der Waals surface area (Å²) in [4.78, 5) is 2.50. The van der Waals surface area contributed by atoms with Gasteiger partial charge in [0.2, 0.25) is 0 Å². The molecule has 2 bridgehead atoms. The van der Waals surface area contributed by atoms with Gasteiger partial charge in [-0.05, 0) is 50.0 Å². The number of nitrogens with zero attached hydrogens (tertiary/aromatic N) is 2. The molecule has 0 aliphatic carbocycles. The van der Waals surface area contributed by atoms with Crippen LogP contribution in [0.5, 0.6) is 0 Å². The summed E-state index contributed by atoms with van der Waals surface area (Å²) >= 11 is 0. The maximum absolute atomic E-state index is 8.94. The largest absolute Gasteiger partial charge is 0.397 e. The normalized spacial score (nSPS) is 29.8. The van der Waals surface area contributed by atoms with Crippen molar-refractivity contribution in [3.8, 4) is 6.07 Å². The summed E-state index contributed by atoms with van der Waals surface area (Å²) in [5, 5.41) is 12.5. The second kappa shape index (κ2) is 4.51. The van der Waals surface area contributed by atoms with E-state index in [0.29, 0.717) is 11.6 Å². The first-order valence-electron chi connectivity index (χ1n) is 6.55. The number of rotatable bonds is 2. The van der Waals surface area contributed by atoms with Gasteiger partial charge in [-0.2, -0.15) is 5.26 Å². The van der Waals surface area contributed by atoms with Gasteiger partial charge in [-0.25, -0.2) is 0 Å². The summed E-state index contributed by atoms with van der Waals surface area (Å²) in [5.74, 6) is 0.750. The molecule has 4 rings (SSSR count). The number of hydrogen-bond acceptors (Lipinski definition) is 4. The fourth-order valence-corrected chi connectivity index (χ4v) is 3.08. The van der Waals surface area contributed by atoms with E-state index in [2.05, 4.69) is 16.3 Å². The highest BCUT2D eigenvalue weighted by atomic mass is 15.2. The zero-order valence-electron chi connectivity index (χ0n) is 10.4. The van der Waals surface area contributed by atoms with Gasteiger partial charge >= 0.3 is 0 Å². The van der Waals surface area contributed by atoms with Gasteiger partial charge < -0.3 is 16.0 Å². The molecule has 3 heterocycles. The van der Waals surface area contributed by atoms with Gasteiger partial charge in [0, 0.05) is 12.6 Å². The van der Waals surface area contributed by atoms with Crippen LogP contribution < -0.4 is 11.1 Å². The topological polar surface area (TPSA) is 65.1 Å². The Kier molecular flexibility index (Phi) is 2.85. The molecule has 0 aromatic heterocycles. The Balaban J connectivity index is 1.78. The van der Waals surface area contributed by atoms with E-state index < -0.39 is 0 Å². The molecule has 3 saturated heterocycles. The van der Waals surface area contributed by atoms with Crippen LogP contribution in [0, 0.1) is 17.2 Å². The molecule has 18 heavy (non-hydrogen) atoms. The van der Waals surface area contributed by atoms with E-state index >= 15 is 0 Å². The summed E-state index contributed by atoms with van der Waals surface area (Å²) in [7, 11) is 0. The quantitative estimate of drug-likeness (QED) is 0.774. The van der Waals surface area contributed by atoms with Crippen LogP contribution in [0.1, 0.15) is 18.4 Å². The third-order valence-electron chi connectivity index (χ3n) is 4.18. The molecule has 0 radical (unpaired) electrons. The number of nitrogens with one attached hydrogen (secondary N) is 1. The van der Waals surface area contributed by atoms with Crippen molar-refractivity contribution in [2.24, 2.45) is 5.92 Å². The molecule has 3 aliphatic rings. The maximum Gasteiger partial charge on any atom is 0.0992 e. The standard InChI is InChI=1S/C14H18N4/c15-8-10-1-2-12(16)13(7-10)17-14-9-18-5-3-11(14)4-6-18/h1-2,7,11,14,17H,3-6,9,16H2. The number of nitrogen functional groups attached to an aromatic ring is 1. The second-order valence-corrected chi connectivity index (χ2v) is 5.30. The summed E-state index contributed by atoms with van der Waals surface area (Å²) in [6.07, 6.45) is 2.55. The van der Waals surface area contributed by atoms with E-state index in [-0.39, 0.29) is 0 Å². The van der Waals surface area contributed by atoms with Gasteiger partial charge in [0.05, 0.1) is 23.0 Å². The Bertz CT molecular complexity index is 483. The first-order valence-corrected chi connectivity index (χ1v) is 6.55. The smallest absolute Gasteiger partial charge is 0.0992 e. The molecule has 1 unspecified atom stereocenters. The van der Waals surface area contributed by atoms with Gasteiger partial charge in [0.15, 0.2) is 0 Å². The van der Waals surface area contributed by atoms with Crippen LogP contribution >= 0.6 is 0 Å². The van der Waals surface area contributed by atoms with Crippen LogP contribution in [0.4, 0.5) is 11.4 Å². The first-order chi connectivity index (χ1) is 8.76. The Hall–Kier alpha value is -1.73. The van der Waals surface area contributed by atoms with Crippen molar-refractivity contribution in [1.29, 1.82) is 5.26 Å². The van der Waals surface area contributed by atoms with E-state index in [4.69, 9.17) is 11.0 Å². The summed E-state index contributed by atoms with van der Waals surface area (Å²) in [6.45, 7) is 3.56. The fraction of sp³-hybridized carbons (Fsp3) is 0.500. The fourth-order valence-electron chi connectivity index (χ4n) is 3.08. The van der Waals surface area contributed by atoms with Crippen molar-refractivity contribution >= 4 is 11.4 Å². The molecule has 4 heteroatoms. The van der Waals surface area contributed by atoms with Crippen molar-refractivity contribution in [3.05, 3.63) is 23.8 Å². The molecule has 3 aliphatic heterocycles. The van der Waals surface area contributed by atoms with E-state index in [0.717, 1.165) is 23.8 Å². The Labute approximate surface area is 107 Å². The summed E-state index contributed by atoms with van der Waals surface area (Å²) in [6, 6.07) is 8.06. The molecular formula is C14H18N4. The molecule has 3 fully saturated rings. The van der Waals surface area contributed by atoms with Crippen LogP contribution in [0.3, 0.4) is 0 Å². The Morgan fingerprint density at radius 3 is 2.72 bits per heavy atom. The Morgan fingerprint density at radius 2 is 2.11 bits per heavy atom. The minimum Gasteiger partial charge on any atom is -0.397 e. The van der Waals surface area contributed by atoms with Crippen molar-refractivity contribution in [2.75, 3.05) is 30.7 Å². The SMILES string of the molecule is N#Cc1ccc(N)c(NC2CN3CCC2CC3)c1. The average molecular weight is 242 g/mol. The third kappa shape index (κ3) is 2.02. The number of nitrogens with two attached hydrogens (primary N) is 1. The number of benzene rings is 1. The molecule has 0 spiro atoms. The van der Waals surface area contributed by atoms with Crippen LogP contribution in [0.25, 0.3) is 0 Å². The van der Waals surface area contributed by atoms with Crippen LogP contribution in [-0.4, -0.2) is 30.6 Å². The number of nitriles is 1. The monoisotopic (exact) mass is 242 g/mol. The third-order valence-corrected chi connectivity index (χ3v) is 4.18. The highest BCUT2D eigenvalue weighted by Gasteiger charge is 2.34.